The number of rotatable bonds is 8. The fourth-order valence-corrected chi connectivity index (χ4v) is 7.29. The Balaban J connectivity index is 1.35. The van der Waals surface area contributed by atoms with Gasteiger partial charge in [-0.05, 0) is 30.2 Å². The number of amides is 3. The van der Waals surface area contributed by atoms with E-state index < -0.39 is 72.5 Å². The molecule has 0 unspecified atom stereocenters. The molecule has 0 aliphatic carbocycles. The minimum Gasteiger partial charge on any atom is -0.451 e. The van der Waals surface area contributed by atoms with Gasteiger partial charge in [-0.2, -0.15) is 13.2 Å². The Labute approximate surface area is 286 Å². The number of ether oxygens (including phenoxy) is 3. The first-order chi connectivity index (χ1) is 23.4. The lowest BCUT2D eigenvalue weighted by atomic mass is 9.94. The maximum absolute atomic E-state index is 14.2. The molecular formula is C32H28ClF3N4O8S. The van der Waals surface area contributed by atoms with Gasteiger partial charge in [-0.1, -0.05) is 41.9 Å². The largest absolute Gasteiger partial charge is 0.511 e. The van der Waals surface area contributed by atoms with Crippen molar-refractivity contribution in [2.75, 3.05) is 31.6 Å². The van der Waals surface area contributed by atoms with Crippen molar-refractivity contribution in [3.63, 3.8) is 0 Å². The van der Waals surface area contributed by atoms with Crippen LogP contribution in [0.5, 0.6) is 5.75 Å². The molecule has 17 heteroatoms. The van der Waals surface area contributed by atoms with Gasteiger partial charge < -0.3 is 19.1 Å². The topological polar surface area (TPSA) is 128 Å². The van der Waals surface area contributed by atoms with Crippen LogP contribution in [0.4, 0.5) is 18.0 Å². The molecule has 258 valence electrons. The molecule has 2 atom stereocenters. The highest BCUT2D eigenvalue weighted by atomic mass is 35.5. The SMILES string of the molecule is C[C@@H](N1CN([C@@H]2c3ccccc3SCc3cccc(Cl)c32)n2ccc(=O)c(OCOC(=O)OCCN3C(=O)CCC3=O)c2C1=O)C(F)(F)F. The second-order valence-electron chi connectivity index (χ2n) is 11.3. The Kier molecular flexibility index (Phi) is 9.53. The molecule has 0 bridgehead atoms. The average Bonchev–Trinajstić information content (AvgIpc) is 3.27. The number of imide groups is 1. The van der Waals surface area contributed by atoms with Gasteiger partial charge in [0.2, 0.25) is 29.8 Å². The summed E-state index contributed by atoms with van der Waals surface area (Å²) in [7, 11) is 0. The van der Waals surface area contributed by atoms with E-state index in [2.05, 4.69) is 0 Å². The Morgan fingerprint density at radius 3 is 2.49 bits per heavy atom. The molecule has 1 fully saturated rings. The quantitative estimate of drug-likeness (QED) is 0.181. The summed E-state index contributed by atoms with van der Waals surface area (Å²) in [6, 6.07) is 10.6. The number of aromatic nitrogens is 1. The van der Waals surface area contributed by atoms with Crippen LogP contribution >= 0.6 is 23.4 Å². The number of nitrogens with zero attached hydrogens (tertiary/aromatic N) is 4. The van der Waals surface area contributed by atoms with Crippen molar-refractivity contribution in [3.05, 3.63) is 92.4 Å². The van der Waals surface area contributed by atoms with Crippen molar-refractivity contribution < 1.29 is 46.6 Å². The fourth-order valence-electron chi connectivity index (χ4n) is 5.91. The second kappa shape index (κ2) is 13.7. The molecule has 1 saturated heterocycles. The number of hydrogen-bond donors (Lipinski definition) is 0. The van der Waals surface area contributed by atoms with Crippen LogP contribution in [0.25, 0.3) is 0 Å². The lowest BCUT2D eigenvalue weighted by Gasteiger charge is -2.46. The third-order valence-electron chi connectivity index (χ3n) is 8.39. The zero-order valence-corrected chi connectivity index (χ0v) is 27.3. The summed E-state index contributed by atoms with van der Waals surface area (Å²) < 4.78 is 59.2. The highest BCUT2D eigenvalue weighted by Crippen LogP contribution is 2.45. The minimum atomic E-state index is -4.83. The van der Waals surface area contributed by atoms with E-state index in [0.717, 1.165) is 28.3 Å². The van der Waals surface area contributed by atoms with Crippen LogP contribution in [-0.2, 0) is 24.8 Å². The van der Waals surface area contributed by atoms with Gasteiger partial charge in [0.05, 0.1) is 6.54 Å². The Morgan fingerprint density at radius 2 is 1.76 bits per heavy atom. The van der Waals surface area contributed by atoms with Gasteiger partial charge in [-0.15, -0.1) is 11.8 Å². The number of fused-ring (bicyclic) bond motifs is 3. The molecule has 3 aliphatic heterocycles. The summed E-state index contributed by atoms with van der Waals surface area (Å²) in [6.45, 7) is -1.22. The van der Waals surface area contributed by atoms with E-state index >= 15 is 0 Å². The summed E-state index contributed by atoms with van der Waals surface area (Å²) >= 11 is 8.32. The van der Waals surface area contributed by atoms with E-state index in [1.165, 1.54) is 27.6 Å². The van der Waals surface area contributed by atoms with Gasteiger partial charge in [-0.25, -0.2) is 4.79 Å². The number of likely N-dealkylation sites (tertiary alicyclic amines) is 1. The predicted octanol–water partition coefficient (Wildman–Crippen LogP) is 4.84. The van der Waals surface area contributed by atoms with Crippen molar-refractivity contribution >= 4 is 47.2 Å². The smallest absolute Gasteiger partial charge is 0.451 e. The number of thioether (sulfide) groups is 1. The predicted molar refractivity (Wildman–Crippen MR) is 169 cm³/mol. The van der Waals surface area contributed by atoms with Gasteiger partial charge in [0.1, 0.15) is 25.4 Å². The maximum atomic E-state index is 14.2. The molecule has 0 spiro atoms. The summed E-state index contributed by atoms with van der Waals surface area (Å²) in [6.07, 6.45) is -4.71. The molecule has 3 aromatic rings. The molecule has 4 heterocycles. The molecule has 2 aromatic carbocycles. The van der Waals surface area contributed by atoms with Crippen LogP contribution < -0.4 is 15.2 Å². The van der Waals surface area contributed by atoms with Crippen molar-refractivity contribution in [1.29, 1.82) is 0 Å². The summed E-state index contributed by atoms with van der Waals surface area (Å²) in [4.78, 5) is 65.1. The first-order valence-electron chi connectivity index (χ1n) is 15.0. The molecule has 6 rings (SSSR count). The number of halogens is 4. The zero-order chi connectivity index (χ0) is 35.0. The maximum Gasteiger partial charge on any atom is 0.511 e. The highest BCUT2D eigenvalue weighted by molar-refractivity contribution is 7.98. The molecular weight excluding hydrogens is 693 g/mol. The number of hydrogen-bond acceptors (Lipinski definition) is 10. The Hall–Kier alpha value is -4.70. The lowest BCUT2D eigenvalue weighted by molar-refractivity contribution is -0.173. The molecule has 0 radical (unpaired) electrons. The summed E-state index contributed by atoms with van der Waals surface area (Å²) in [5, 5.41) is 1.87. The van der Waals surface area contributed by atoms with Crippen LogP contribution in [-0.4, -0.2) is 77.2 Å². The van der Waals surface area contributed by atoms with Crippen molar-refractivity contribution in [3.8, 4) is 5.75 Å². The fraction of sp³-hybridized carbons (Fsp3) is 0.344. The first kappa shape index (κ1) is 34.2. The van der Waals surface area contributed by atoms with Crippen LogP contribution in [0.15, 0.2) is 64.4 Å². The van der Waals surface area contributed by atoms with Crippen LogP contribution in [0.1, 0.15) is 53.0 Å². The van der Waals surface area contributed by atoms with Crippen molar-refractivity contribution in [2.45, 2.75) is 48.7 Å². The number of benzene rings is 2. The molecule has 3 amide bonds. The standard InChI is InChI=1S/C32H28ClF3N4O8S/c1-18(32(34,35)36)38-16-40(27-20-6-2-3-8-23(20)49-15-19-5-4-7-21(33)26(19)27)39-12-11-22(41)29(28(39)30(38)44)47-17-48-31(45)46-14-13-37-24(42)9-10-25(37)43/h2-8,11-12,18,27H,9-10,13-17H2,1H3/t18-,27-/m1/s1. The summed E-state index contributed by atoms with van der Waals surface area (Å²) in [5.41, 5.74) is 0.769. The number of carbonyl (C=O) groups excluding carboxylic acids is 4. The molecule has 12 nitrogen and oxygen atoms in total. The van der Waals surface area contributed by atoms with Gasteiger partial charge in [-0.3, -0.25) is 33.8 Å². The van der Waals surface area contributed by atoms with Gasteiger partial charge in [0.25, 0.3) is 5.91 Å². The summed E-state index contributed by atoms with van der Waals surface area (Å²) in [5.74, 6) is -2.09. The van der Waals surface area contributed by atoms with E-state index in [4.69, 9.17) is 25.8 Å². The lowest BCUT2D eigenvalue weighted by Crippen LogP contribution is -2.60. The van der Waals surface area contributed by atoms with E-state index in [1.807, 2.05) is 24.3 Å². The number of carbonyl (C=O) groups is 4. The first-order valence-corrected chi connectivity index (χ1v) is 16.4. The van der Waals surface area contributed by atoms with Gasteiger partial charge in [0, 0.05) is 46.3 Å². The average molecular weight is 721 g/mol. The van der Waals surface area contributed by atoms with E-state index in [9.17, 15) is 37.1 Å². The number of pyridine rings is 1. The monoisotopic (exact) mass is 720 g/mol. The highest BCUT2D eigenvalue weighted by Gasteiger charge is 2.48. The van der Waals surface area contributed by atoms with Gasteiger partial charge >= 0.3 is 12.3 Å². The van der Waals surface area contributed by atoms with E-state index in [0.29, 0.717) is 26.8 Å². The second-order valence-corrected chi connectivity index (χ2v) is 12.7. The Bertz CT molecular complexity index is 1870. The number of alkyl halides is 3. The molecule has 1 aromatic heterocycles. The van der Waals surface area contributed by atoms with E-state index in [1.54, 1.807) is 18.2 Å². The molecule has 0 N–H and O–H groups in total. The van der Waals surface area contributed by atoms with Crippen LogP contribution in [0, 0.1) is 0 Å². The van der Waals surface area contributed by atoms with Gasteiger partial charge in [0.15, 0.2) is 5.69 Å². The van der Waals surface area contributed by atoms with Crippen LogP contribution in [0.3, 0.4) is 0 Å². The molecule has 3 aliphatic rings. The van der Waals surface area contributed by atoms with Crippen LogP contribution in [0.2, 0.25) is 5.02 Å². The Morgan fingerprint density at radius 1 is 1.02 bits per heavy atom. The third-order valence-corrected chi connectivity index (χ3v) is 9.86. The normalized spacial score (nSPS) is 18.0. The van der Waals surface area contributed by atoms with Crippen molar-refractivity contribution in [2.24, 2.45) is 0 Å². The molecule has 49 heavy (non-hydrogen) atoms. The minimum absolute atomic E-state index is 0.0646. The zero-order valence-electron chi connectivity index (χ0n) is 25.8. The van der Waals surface area contributed by atoms with Crippen molar-refractivity contribution in [1.82, 2.24) is 14.5 Å². The van der Waals surface area contributed by atoms with E-state index in [-0.39, 0.29) is 26.0 Å². The molecule has 0 saturated carbocycles. The third kappa shape index (κ3) is 6.66.